The van der Waals surface area contributed by atoms with E-state index in [1.807, 2.05) is 74.6 Å². The summed E-state index contributed by atoms with van der Waals surface area (Å²) in [5.41, 5.74) is 3.09. The number of likely N-dealkylation sites (N-methyl/N-ethyl adjacent to an activating group) is 1. The number of hydrogen-bond acceptors (Lipinski definition) is 6. The van der Waals surface area contributed by atoms with E-state index in [1.54, 1.807) is 29.4 Å². The molecular weight excluding hydrogens is 542 g/mol. The minimum Gasteiger partial charge on any atom is -0.488 e. The molecule has 43 heavy (non-hydrogen) atoms. The third kappa shape index (κ3) is 7.49. The molecule has 2 heterocycles. The molecule has 0 radical (unpaired) electrons. The zero-order valence-electron chi connectivity index (χ0n) is 24.9. The number of hydrogen-bond donors (Lipinski definition) is 3. The van der Waals surface area contributed by atoms with Crippen LogP contribution in [-0.4, -0.2) is 70.7 Å². The first-order chi connectivity index (χ1) is 20.8. The molecule has 3 amide bonds. The summed E-state index contributed by atoms with van der Waals surface area (Å²) in [5, 5.41) is 17.8. The Balaban J connectivity index is 1.37. The fourth-order valence-electron chi connectivity index (χ4n) is 5.52. The van der Waals surface area contributed by atoms with E-state index in [-0.39, 0.29) is 43.0 Å². The van der Waals surface area contributed by atoms with Gasteiger partial charge in [-0.3, -0.25) is 14.7 Å². The molecule has 0 unspecified atom stereocenters. The van der Waals surface area contributed by atoms with E-state index in [9.17, 15) is 14.7 Å². The highest BCUT2D eigenvalue weighted by Crippen LogP contribution is 2.30. The van der Waals surface area contributed by atoms with E-state index in [0.29, 0.717) is 35.8 Å². The van der Waals surface area contributed by atoms with Gasteiger partial charge in [-0.2, -0.15) is 0 Å². The highest BCUT2D eigenvalue weighted by Gasteiger charge is 2.31. The van der Waals surface area contributed by atoms with Gasteiger partial charge in [0.05, 0.1) is 24.8 Å². The van der Waals surface area contributed by atoms with Crippen LogP contribution in [0.3, 0.4) is 0 Å². The fraction of sp³-hybridized carbons (Fsp3) is 0.324. The van der Waals surface area contributed by atoms with Gasteiger partial charge in [-0.25, -0.2) is 4.79 Å². The molecule has 0 aliphatic carbocycles. The van der Waals surface area contributed by atoms with Crippen molar-refractivity contribution in [2.75, 3.05) is 37.4 Å². The lowest BCUT2D eigenvalue weighted by Crippen LogP contribution is -2.47. The average Bonchev–Trinajstić information content (AvgIpc) is 3.04. The minimum atomic E-state index is -0.383. The maximum Gasteiger partial charge on any atom is 0.323 e. The largest absolute Gasteiger partial charge is 0.488 e. The van der Waals surface area contributed by atoms with E-state index in [2.05, 4.69) is 27.4 Å². The van der Waals surface area contributed by atoms with Crippen molar-refractivity contribution in [3.8, 4) is 5.75 Å². The molecule has 1 aliphatic rings. The first-order valence-corrected chi connectivity index (χ1v) is 14.6. The number of aliphatic hydroxyl groups excluding tert-OH is 1. The molecule has 9 heteroatoms. The van der Waals surface area contributed by atoms with Crippen LogP contribution in [0.5, 0.6) is 5.75 Å². The van der Waals surface area contributed by atoms with Crippen LogP contribution in [0.25, 0.3) is 10.8 Å². The minimum absolute atomic E-state index is 0.00642. The number of carbonyl (C=O) groups excluding carboxylic acids is 2. The summed E-state index contributed by atoms with van der Waals surface area (Å²) in [6.45, 7) is 5.62. The first-order valence-electron chi connectivity index (χ1n) is 14.6. The number of aliphatic hydroxyl groups is 1. The van der Waals surface area contributed by atoms with Crippen molar-refractivity contribution in [3.63, 3.8) is 0 Å². The monoisotopic (exact) mass is 581 g/mol. The number of nitrogens with one attached hydrogen (secondary N) is 2. The summed E-state index contributed by atoms with van der Waals surface area (Å²) in [7, 11) is 2.05. The van der Waals surface area contributed by atoms with Crippen LogP contribution in [-0.2, 0) is 17.8 Å². The number of aromatic nitrogens is 1. The maximum atomic E-state index is 13.5. The van der Waals surface area contributed by atoms with E-state index < -0.39 is 0 Å². The van der Waals surface area contributed by atoms with Crippen molar-refractivity contribution in [2.24, 2.45) is 5.92 Å². The van der Waals surface area contributed by atoms with E-state index in [4.69, 9.17) is 4.74 Å². The smallest absolute Gasteiger partial charge is 0.323 e. The predicted molar refractivity (Wildman–Crippen MR) is 169 cm³/mol. The molecule has 3 atom stereocenters. The van der Waals surface area contributed by atoms with Gasteiger partial charge in [-0.15, -0.1) is 0 Å². The van der Waals surface area contributed by atoms with Crippen LogP contribution in [0.2, 0.25) is 0 Å². The Morgan fingerprint density at radius 2 is 1.86 bits per heavy atom. The maximum absolute atomic E-state index is 13.5. The fourth-order valence-corrected chi connectivity index (χ4v) is 5.52. The van der Waals surface area contributed by atoms with Crippen LogP contribution in [0, 0.1) is 5.92 Å². The second kappa shape index (κ2) is 13.7. The molecule has 5 rings (SSSR count). The Morgan fingerprint density at radius 3 is 2.65 bits per heavy atom. The molecule has 0 spiro atoms. The zero-order valence-corrected chi connectivity index (χ0v) is 24.9. The van der Waals surface area contributed by atoms with Crippen molar-refractivity contribution >= 4 is 34.1 Å². The number of urea groups is 1. The standard InChI is InChI=1S/C34H39N5O4/c1-23-19-39(24(2)22-40)33(41)18-27-17-28(36-34(42)37-30-10-6-8-26-7-4-5-9-29(26)30)11-12-31(27)43-32(23)21-38(3)20-25-13-15-35-16-14-25/h4-17,23-24,32,40H,18-22H2,1-3H3,(H2,36,37,42)/t23-,24+,32-/m1/s1. The molecule has 1 aliphatic heterocycles. The molecular formula is C34H39N5O4. The molecule has 0 fully saturated rings. The average molecular weight is 582 g/mol. The number of carbonyl (C=O) groups is 2. The van der Waals surface area contributed by atoms with Gasteiger partial charge in [0.2, 0.25) is 5.91 Å². The molecule has 4 aromatic rings. The Labute approximate surface area is 252 Å². The highest BCUT2D eigenvalue weighted by molar-refractivity contribution is 6.06. The van der Waals surface area contributed by atoms with E-state index >= 15 is 0 Å². The number of rotatable bonds is 8. The summed E-state index contributed by atoms with van der Waals surface area (Å²) in [5.74, 6) is 0.510. The number of benzene rings is 3. The topological polar surface area (TPSA) is 107 Å². The number of nitrogens with zero attached hydrogens (tertiary/aromatic N) is 3. The SMILES string of the molecule is C[C@@H]1CN([C@@H](C)CO)C(=O)Cc2cc(NC(=O)Nc3cccc4ccccc34)ccc2O[C@@H]1CN(C)Cc1ccncc1. The number of fused-ring (bicyclic) bond motifs is 2. The van der Waals surface area contributed by atoms with E-state index in [1.165, 1.54) is 0 Å². The van der Waals surface area contributed by atoms with Crippen molar-refractivity contribution in [1.82, 2.24) is 14.8 Å². The van der Waals surface area contributed by atoms with Gasteiger partial charge >= 0.3 is 6.03 Å². The summed E-state index contributed by atoms with van der Waals surface area (Å²) in [6, 6.07) is 22.3. The molecule has 0 bridgehead atoms. The Bertz CT molecular complexity index is 1560. The summed E-state index contributed by atoms with van der Waals surface area (Å²) >= 11 is 0. The summed E-state index contributed by atoms with van der Waals surface area (Å²) in [6.07, 6.45) is 3.43. The zero-order chi connectivity index (χ0) is 30.3. The van der Waals surface area contributed by atoms with Crippen molar-refractivity contribution in [2.45, 2.75) is 39.0 Å². The van der Waals surface area contributed by atoms with Crippen LogP contribution in [0.15, 0.2) is 85.2 Å². The van der Waals surface area contributed by atoms with E-state index in [0.717, 1.165) is 22.9 Å². The number of pyridine rings is 1. The second-order valence-corrected chi connectivity index (χ2v) is 11.4. The van der Waals surface area contributed by atoms with Gasteiger partial charge in [0.25, 0.3) is 0 Å². The third-order valence-electron chi connectivity index (χ3n) is 7.91. The van der Waals surface area contributed by atoms with Crippen LogP contribution in [0.1, 0.15) is 25.0 Å². The lowest BCUT2D eigenvalue weighted by Gasteiger charge is -2.34. The Hall–Kier alpha value is -4.47. The molecule has 3 N–H and O–H groups in total. The van der Waals surface area contributed by atoms with Crippen LogP contribution >= 0.6 is 0 Å². The normalized spacial score (nSPS) is 17.8. The second-order valence-electron chi connectivity index (χ2n) is 11.4. The summed E-state index contributed by atoms with van der Waals surface area (Å²) in [4.78, 5) is 34.6. The van der Waals surface area contributed by atoms with Gasteiger partial charge in [0, 0.05) is 54.6 Å². The molecule has 3 aromatic carbocycles. The summed E-state index contributed by atoms with van der Waals surface area (Å²) < 4.78 is 6.63. The van der Waals surface area contributed by atoms with Gasteiger partial charge < -0.3 is 25.4 Å². The molecule has 0 saturated carbocycles. The lowest BCUT2D eigenvalue weighted by atomic mass is 10.0. The first kappa shape index (κ1) is 30.0. The Kier molecular flexibility index (Phi) is 9.54. The van der Waals surface area contributed by atoms with Crippen LogP contribution in [0.4, 0.5) is 16.2 Å². The molecule has 1 aromatic heterocycles. The number of ether oxygens (including phenoxy) is 1. The van der Waals surface area contributed by atoms with Gasteiger partial charge in [-0.1, -0.05) is 43.3 Å². The Morgan fingerprint density at radius 1 is 1.09 bits per heavy atom. The number of anilines is 2. The quantitative estimate of drug-likeness (QED) is 0.265. The van der Waals surface area contributed by atoms with Crippen molar-refractivity contribution in [3.05, 3.63) is 96.3 Å². The number of amides is 3. The highest BCUT2D eigenvalue weighted by atomic mass is 16.5. The predicted octanol–water partition coefficient (Wildman–Crippen LogP) is 5.16. The van der Waals surface area contributed by atoms with Gasteiger partial charge in [-0.05, 0) is 61.3 Å². The molecule has 224 valence electrons. The molecule has 0 saturated heterocycles. The van der Waals surface area contributed by atoms with Crippen molar-refractivity contribution in [1.29, 1.82) is 0 Å². The van der Waals surface area contributed by atoms with Crippen LogP contribution < -0.4 is 15.4 Å². The third-order valence-corrected chi connectivity index (χ3v) is 7.91. The van der Waals surface area contributed by atoms with Gasteiger partial charge in [0.1, 0.15) is 11.9 Å². The molecule has 9 nitrogen and oxygen atoms in total. The van der Waals surface area contributed by atoms with Crippen molar-refractivity contribution < 1.29 is 19.4 Å². The lowest BCUT2D eigenvalue weighted by molar-refractivity contribution is -0.134. The van der Waals surface area contributed by atoms with Gasteiger partial charge in [0.15, 0.2) is 0 Å².